The van der Waals surface area contributed by atoms with Crippen LogP contribution in [0.4, 0.5) is 5.69 Å². The highest BCUT2D eigenvalue weighted by atomic mass is 16.5. The first kappa shape index (κ1) is 16.1. The molecule has 0 saturated heterocycles. The largest absolute Gasteiger partial charge is 0.497 e. The topological polar surface area (TPSA) is 58.6 Å². The number of ether oxygens (including phenoxy) is 1. The minimum absolute atomic E-state index is 0.0151. The van der Waals surface area contributed by atoms with E-state index >= 15 is 0 Å². The van der Waals surface area contributed by atoms with Crippen LogP contribution in [0.5, 0.6) is 5.75 Å². The van der Waals surface area contributed by atoms with Crippen molar-refractivity contribution in [1.82, 2.24) is 5.32 Å². The van der Waals surface area contributed by atoms with Crippen molar-refractivity contribution < 1.29 is 14.3 Å². The van der Waals surface area contributed by atoms with Crippen LogP contribution in [0.3, 0.4) is 0 Å². The molecule has 0 unspecified atom stereocenters. The molecule has 1 heterocycles. The quantitative estimate of drug-likeness (QED) is 0.939. The van der Waals surface area contributed by atoms with Crippen LogP contribution in [0.2, 0.25) is 0 Å². The normalized spacial score (nSPS) is 19.1. The van der Waals surface area contributed by atoms with Crippen molar-refractivity contribution in [2.24, 2.45) is 0 Å². The van der Waals surface area contributed by atoms with Crippen LogP contribution >= 0.6 is 0 Å². The van der Waals surface area contributed by atoms with Gasteiger partial charge in [-0.3, -0.25) is 9.59 Å². The number of rotatable bonds is 4. The number of anilines is 1. The standard InChI is InChI=1S/C19H20N2O3/c1-19(15-6-4-5-7-16(15)21(2)18(19)23)12-20-17(22)13-8-10-14(24-3)11-9-13/h4-11H,12H2,1-3H3,(H,20,22)/t19-/m0/s1. The summed E-state index contributed by atoms with van der Waals surface area (Å²) < 4.78 is 5.09. The van der Waals surface area contributed by atoms with Crippen molar-refractivity contribution in [3.8, 4) is 5.75 Å². The molecule has 1 atom stereocenters. The number of methoxy groups -OCH3 is 1. The minimum Gasteiger partial charge on any atom is -0.497 e. The van der Waals surface area contributed by atoms with Gasteiger partial charge in [-0.15, -0.1) is 0 Å². The van der Waals surface area contributed by atoms with Crippen LogP contribution in [-0.4, -0.2) is 32.5 Å². The Hall–Kier alpha value is -2.82. The van der Waals surface area contributed by atoms with Gasteiger partial charge in [-0.1, -0.05) is 18.2 Å². The molecule has 0 fully saturated rings. The Labute approximate surface area is 141 Å². The van der Waals surface area contributed by atoms with E-state index in [1.54, 1.807) is 43.3 Å². The van der Waals surface area contributed by atoms with Gasteiger partial charge >= 0.3 is 0 Å². The van der Waals surface area contributed by atoms with E-state index in [2.05, 4.69) is 5.32 Å². The number of para-hydroxylation sites is 1. The monoisotopic (exact) mass is 324 g/mol. The van der Waals surface area contributed by atoms with Crippen molar-refractivity contribution in [1.29, 1.82) is 0 Å². The number of hydrogen-bond acceptors (Lipinski definition) is 3. The van der Waals surface area contributed by atoms with Gasteiger partial charge in [-0.05, 0) is 42.8 Å². The summed E-state index contributed by atoms with van der Waals surface area (Å²) in [5, 5.41) is 2.88. The molecule has 0 spiro atoms. The van der Waals surface area contributed by atoms with Gasteiger partial charge in [-0.2, -0.15) is 0 Å². The van der Waals surface area contributed by atoms with E-state index in [0.29, 0.717) is 11.3 Å². The minimum atomic E-state index is -0.756. The van der Waals surface area contributed by atoms with E-state index in [0.717, 1.165) is 11.3 Å². The molecule has 0 radical (unpaired) electrons. The number of fused-ring (bicyclic) bond motifs is 1. The van der Waals surface area contributed by atoms with Gasteiger partial charge in [0.1, 0.15) is 5.75 Å². The van der Waals surface area contributed by atoms with Crippen molar-refractivity contribution in [2.75, 3.05) is 25.6 Å². The third kappa shape index (κ3) is 2.52. The maximum atomic E-state index is 12.7. The summed E-state index contributed by atoms with van der Waals surface area (Å²) in [6.45, 7) is 2.12. The SMILES string of the molecule is COc1ccc(C(=O)NC[C@]2(C)C(=O)N(C)c3ccccc32)cc1. The molecular weight excluding hydrogens is 304 g/mol. The average Bonchev–Trinajstić information content (AvgIpc) is 2.82. The number of amides is 2. The van der Waals surface area contributed by atoms with E-state index in [9.17, 15) is 9.59 Å². The van der Waals surface area contributed by atoms with E-state index in [-0.39, 0.29) is 18.4 Å². The number of benzene rings is 2. The fourth-order valence-electron chi connectivity index (χ4n) is 3.10. The molecule has 2 amide bonds. The maximum absolute atomic E-state index is 12.7. The van der Waals surface area contributed by atoms with Gasteiger partial charge in [-0.25, -0.2) is 0 Å². The first-order valence-electron chi connectivity index (χ1n) is 7.77. The lowest BCUT2D eigenvalue weighted by Gasteiger charge is -2.23. The summed E-state index contributed by atoms with van der Waals surface area (Å²) in [7, 11) is 3.34. The Kier molecular flexibility index (Phi) is 4.01. The average molecular weight is 324 g/mol. The second-order valence-corrected chi connectivity index (χ2v) is 6.12. The fourth-order valence-corrected chi connectivity index (χ4v) is 3.10. The summed E-state index contributed by atoms with van der Waals surface area (Å²) in [4.78, 5) is 26.7. The zero-order chi connectivity index (χ0) is 17.3. The van der Waals surface area contributed by atoms with Crippen LogP contribution < -0.4 is 15.0 Å². The first-order valence-corrected chi connectivity index (χ1v) is 7.77. The van der Waals surface area contributed by atoms with Crippen molar-refractivity contribution >= 4 is 17.5 Å². The third-order valence-corrected chi connectivity index (χ3v) is 4.59. The van der Waals surface area contributed by atoms with Crippen molar-refractivity contribution in [2.45, 2.75) is 12.3 Å². The summed E-state index contributed by atoms with van der Waals surface area (Å²) in [6, 6.07) is 14.6. The summed E-state index contributed by atoms with van der Waals surface area (Å²) in [5.41, 5.74) is 1.61. The Morgan fingerprint density at radius 3 is 2.50 bits per heavy atom. The predicted molar refractivity (Wildman–Crippen MR) is 92.5 cm³/mol. The molecule has 1 aliphatic heterocycles. The molecule has 1 aliphatic rings. The Morgan fingerprint density at radius 2 is 1.83 bits per heavy atom. The fraction of sp³-hybridized carbons (Fsp3) is 0.263. The molecular formula is C19H20N2O3. The Bertz CT molecular complexity index is 785. The number of nitrogens with zero attached hydrogens (tertiary/aromatic N) is 1. The Morgan fingerprint density at radius 1 is 1.17 bits per heavy atom. The molecule has 24 heavy (non-hydrogen) atoms. The van der Waals surface area contributed by atoms with Crippen LogP contribution in [0.25, 0.3) is 0 Å². The first-order chi connectivity index (χ1) is 11.5. The van der Waals surface area contributed by atoms with Gasteiger partial charge < -0.3 is 15.0 Å². The van der Waals surface area contributed by atoms with Gasteiger partial charge in [0.15, 0.2) is 0 Å². The van der Waals surface area contributed by atoms with E-state index in [1.165, 1.54) is 0 Å². The molecule has 0 aliphatic carbocycles. The number of carbonyl (C=O) groups excluding carboxylic acids is 2. The van der Waals surface area contributed by atoms with Crippen LogP contribution in [0.1, 0.15) is 22.8 Å². The zero-order valence-electron chi connectivity index (χ0n) is 14.0. The number of carbonyl (C=O) groups is 2. The molecule has 0 bridgehead atoms. The molecule has 2 aromatic carbocycles. The van der Waals surface area contributed by atoms with Crippen molar-refractivity contribution in [3.05, 3.63) is 59.7 Å². The number of hydrogen-bond donors (Lipinski definition) is 1. The second kappa shape index (κ2) is 6.00. The van der Waals surface area contributed by atoms with Gasteiger partial charge in [0.05, 0.1) is 12.5 Å². The molecule has 5 heteroatoms. The van der Waals surface area contributed by atoms with Crippen LogP contribution in [-0.2, 0) is 10.2 Å². The summed E-state index contributed by atoms with van der Waals surface area (Å²) in [5.74, 6) is 0.470. The van der Waals surface area contributed by atoms with Crippen LogP contribution in [0.15, 0.2) is 48.5 Å². The lowest BCUT2D eigenvalue weighted by molar-refractivity contribution is -0.122. The lowest BCUT2D eigenvalue weighted by Crippen LogP contribution is -2.45. The maximum Gasteiger partial charge on any atom is 0.251 e. The molecule has 1 N–H and O–H groups in total. The highest BCUT2D eigenvalue weighted by molar-refractivity contribution is 6.08. The highest BCUT2D eigenvalue weighted by Gasteiger charge is 2.45. The lowest BCUT2D eigenvalue weighted by atomic mass is 9.83. The molecule has 0 aromatic heterocycles. The van der Waals surface area contributed by atoms with Gasteiger partial charge in [0, 0.05) is 24.8 Å². The highest BCUT2D eigenvalue weighted by Crippen LogP contribution is 2.40. The van der Waals surface area contributed by atoms with Crippen LogP contribution in [0, 0.1) is 0 Å². The summed E-state index contributed by atoms with van der Waals surface area (Å²) >= 11 is 0. The molecule has 2 aromatic rings. The Balaban J connectivity index is 1.78. The number of likely N-dealkylation sites (N-methyl/N-ethyl adjacent to an activating group) is 1. The molecule has 0 saturated carbocycles. The molecule has 124 valence electrons. The van der Waals surface area contributed by atoms with Gasteiger partial charge in [0.2, 0.25) is 5.91 Å². The zero-order valence-corrected chi connectivity index (χ0v) is 14.0. The molecule has 5 nitrogen and oxygen atoms in total. The smallest absolute Gasteiger partial charge is 0.251 e. The molecule has 3 rings (SSSR count). The third-order valence-electron chi connectivity index (χ3n) is 4.59. The van der Waals surface area contributed by atoms with E-state index < -0.39 is 5.41 Å². The van der Waals surface area contributed by atoms with Gasteiger partial charge in [0.25, 0.3) is 5.91 Å². The van der Waals surface area contributed by atoms with E-state index in [1.807, 2.05) is 31.2 Å². The van der Waals surface area contributed by atoms with Crippen molar-refractivity contribution in [3.63, 3.8) is 0 Å². The number of nitrogens with one attached hydrogen (secondary N) is 1. The summed E-state index contributed by atoms with van der Waals surface area (Å²) in [6.07, 6.45) is 0. The predicted octanol–water partition coefficient (Wildman–Crippen LogP) is 2.36. The second-order valence-electron chi connectivity index (χ2n) is 6.12. The van der Waals surface area contributed by atoms with E-state index in [4.69, 9.17) is 4.74 Å².